The van der Waals surface area contributed by atoms with Gasteiger partial charge in [0.25, 0.3) is 11.5 Å². The summed E-state index contributed by atoms with van der Waals surface area (Å²) in [5.74, 6) is -0.203. The second kappa shape index (κ2) is 5.38. The zero-order chi connectivity index (χ0) is 16.7. The molecule has 1 amide bonds. The lowest BCUT2D eigenvalue weighted by Gasteiger charge is -2.09. The van der Waals surface area contributed by atoms with Gasteiger partial charge in [0.1, 0.15) is 0 Å². The van der Waals surface area contributed by atoms with E-state index in [9.17, 15) is 9.59 Å². The summed E-state index contributed by atoms with van der Waals surface area (Å²) >= 11 is 0. The number of rotatable bonds is 2. The number of fused-ring (bicyclic) bond motifs is 2. The van der Waals surface area contributed by atoms with Gasteiger partial charge in [-0.25, -0.2) is 0 Å². The van der Waals surface area contributed by atoms with Crippen LogP contribution < -0.4 is 10.9 Å². The quantitative estimate of drug-likeness (QED) is 0.596. The Morgan fingerprint density at radius 3 is 2.83 bits per heavy atom. The van der Waals surface area contributed by atoms with Crippen molar-refractivity contribution >= 4 is 33.3 Å². The molecule has 24 heavy (non-hydrogen) atoms. The van der Waals surface area contributed by atoms with Crippen molar-refractivity contribution in [2.75, 3.05) is 5.32 Å². The van der Waals surface area contributed by atoms with Crippen molar-refractivity contribution in [1.82, 2.24) is 9.55 Å². The lowest BCUT2D eigenvalue weighted by molar-refractivity contribution is 0.102. The molecular weight excluding hydrogens is 302 g/mol. The Morgan fingerprint density at radius 2 is 1.96 bits per heavy atom. The third kappa shape index (κ3) is 2.27. The monoisotopic (exact) mass is 317 g/mol. The summed E-state index contributed by atoms with van der Waals surface area (Å²) in [6, 6.07) is 14.7. The number of pyridine rings is 1. The molecule has 0 spiro atoms. The number of carbonyl (C=O) groups excluding carboxylic acids is 1. The van der Waals surface area contributed by atoms with Gasteiger partial charge in [-0.2, -0.15) is 0 Å². The highest BCUT2D eigenvalue weighted by molar-refractivity contribution is 6.10. The van der Waals surface area contributed by atoms with Gasteiger partial charge in [-0.3, -0.25) is 9.59 Å². The molecule has 0 saturated heterocycles. The van der Waals surface area contributed by atoms with E-state index >= 15 is 0 Å². The molecule has 0 fully saturated rings. The fraction of sp³-hybridized carbons (Fsp3) is 0.0526. The fourth-order valence-corrected chi connectivity index (χ4v) is 2.93. The van der Waals surface area contributed by atoms with E-state index in [1.165, 1.54) is 0 Å². The van der Waals surface area contributed by atoms with Crippen molar-refractivity contribution in [1.29, 1.82) is 0 Å². The standard InChI is InChI=1S/C19H15N3O2/c1-22-10-8-12-5-6-13(11-17(12)22)18(23)21-16-4-2-3-15-14(16)7-9-20-19(15)24/h2-11H,1H3,(H,20,24)(H,21,23). The molecule has 5 heteroatoms. The predicted molar refractivity (Wildman–Crippen MR) is 95.4 cm³/mol. The van der Waals surface area contributed by atoms with Crippen molar-refractivity contribution in [3.8, 4) is 0 Å². The molecule has 4 rings (SSSR count). The minimum absolute atomic E-state index is 0.172. The molecule has 0 aliphatic rings. The van der Waals surface area contributed by atoms with Crippen LogP contribution in [-0.4, -0.2) is 15.5 Å². The first-order chi connectivity index (χ1) is 11.6. The SMILES string of the molecule is Cn1ccc2ccc(C(=O)Nc3cccc4c(=O)[nH]ccc34)cc21. The molecule has 4 aromatic rings. The number of nitrogens with zero attached hydrogens (tertiary/aromatic N) is 1. The van der Waals surface area contributed by atoms with Crippen LogP contribution in [0.1, 0.15) is 10.4 Å². The maximum atomic E-state index is 12.6. The normalized spacial score (nSPS) is 11.0. The summed E-state index contributed by atoms with van der Waals surface area (Å²) in [5, 5.41) is 5.26. The van der Waals surface area contributed by atoms with E-state index in [4.69, 9.17) is 0 Å². The number of amides is 1. The van der Waals surface area contributed by atoms with Gasteiger partial charge >= 0.3 is 0 Å². The summed E-state index contributed by atoms with van der Waals surface area (Å²) in [6.45, 7) is 0. The number of H-pyrrole nitrogens is 1. The van der Waals surface area contributed by atoms with Crippen LogP contribution in [0, 0.1) is 0 Å². The highest BCUT2D eigenvalue weighted by Crippen LogP contribution is 2.22. The molecule has 0 saturated carbocycles. The van der Waals surface area contributed by atoms with Crippen molar-refractivity contribution in [3.05, 3.63) is 76.8 Å². The second-order valence-corrected chi connectivity index (χ2v) is 5.73. The lowest BCUT2D eigenvalue weighted by atomic mass is 10.1. The fourth-order valence-electron chi connectivity index (χ4n) is 2.93. The van der Waals surface area contributed by atoms with Crippen molar-refractivity contribution in [3.63, 3.8) is 0 Å². The highest BCUT2D eigenvalue weighted by Gasteiger charge is 2.11. The number of aromatic nitrogens is 2. The number of aryl methyl sites for hydroxylation is 1. The van der Waals surface area contributed by atoms with Crippen molar-refractivity contribution in [2.45, 2.75) is 0 Å². The van der Waals surface area contributed by atoms with Crippen molar-refractivity contribution in [2.24, 2.45) is 7.05 Å². The molecule has 2 N–H and O–H groups in total. The maximum Gasteiger partial charge on any atom is 0.255 e. The van der Waals surface area contributed by atoms with Crippen LogP contribution in [0.4, 0.5) is 5.69 Å². The predicted octanol–water partition coefficient (Wildman–Crippen LogP) is 3.27. The summed E-state index contributed by atoms with van der Waals surface area (Å²) in [5.41, 5.74) is 2.02. The Bertz CT molecular complexity index is 1140. The van der Waals surface area contributed by atoms with Gasteiger partial charge in [0.05, 0.1) is 0 Å². The van der Waals surface area contributed by atoms with Crippen LogP contribution in [0.15, 0.2) is 65.7 Å². The number of hydrogen-bond acceptors (Lipinski definition) is 2. The molecule has 0 aliphatic carbocycles. The molecule has 0 radical (unpaired) electrons. The molecule has 2 heterocycles. The maximum absolute atomic E-state index is 12.6. The Balaban J connectivity index is 1.74. The zero-order valence-electron chi connectivity index (χ0n) is 13.0. The first-order valence-electron chi connectivity index (χ1n) is 7.60. The van der Waals surface area contributed by atoms with E-state index in [0.29, 0.717) is 16.6 Å². The average Bonchev–Trinajstić information content (AvgIpc) is 2.96. The largest absolute Gasteiger partial charge is 0.351 e. The van der Waals surface area contributed by atoms with Crippen LogP contribution in [-0.2, 0) is 7.05 Å². The third-order valence-corrected chi connectivity index (χ3v) is 4.21. The molecule has 2 aromatic heterocycles. The highest BCUT2D eigenvalue weighted by atomic mass is 16.1. The Morgan fingerprint density at radius 1 is 1.08 bits per heavy atom. The molecule has 0 bridgehead atoms. The van der Waals surface area contributed by atoms with Gasteiger partial charge < -0.3 is 14.9 Å². The van der Waals surface area contributed by atoms with Crippen LogP contribution in [0.5, 0.6) is 0 Å². The first-order valence-corrected chi connectivity index (χ1v) is 7.60. The zero-order valence-corrected chi connectivity index (χ0v) is 13.0. The number of nitrogens with one attached hydrogen (secondary N) is 2. The number of aromatic amines is 1. The molecule has 118 valence electrons. The van der Waals surface area contributed by atoms with E-state index < -0.39 is 0 Å². The number of carbonyl (C=O) groups is 1. The lowest BCUT2D eigenvalue weighted by Crippen LogP contribution is -2.13. The Hall–Kier alpha value is -3.34. The topological polar surface area (TPSA) is 66.9 Å². The van der Waals surface area contributed by atoms with Gasteiger partial charge in [0.15, 0.2) is 0 Å². The Labute approximate surface area is 137 Å². The molecule has 2 aromatic carbocycles. The van der Waals surface area contributed by atoms with Crippen LogP contribution in [0.25, 0.3) is 21.7 Å². The molecular formula is C19H15N3O2. The van der Waals surface area contributed by atoms with Gasteiger partial charge in [-0.15, -0.1) is 0 Å². The minimum Gasteiger partial charge on any atom is -0.351 e. The summed E-state index contributed by atoms with van der Waals surface area (Å²) in [4.78, 5) is 27.1. The van der Waals surface area contributed by atoms with Gasteiger partial charge in [0.2, 0.25) is 0 Å². The van der Waals surface area contributed by atoms with Crippen LogP contribution in [0.3, 0.4) is 0 Å². The smallest absolute Gasteiger partial charge is 0.255 e. The number of anilines is 1. The van der Waals surface area contributed by atoms with Gasteiger partial charge in [0, 0.05) is 47.0 Å². The number of hydrogen-bond donors (Lipinski definition) is 2. The third-order valence-electron chi connectivity index (χ3n) is 4.21. The minimum atomic E-state index is -0.203. The van der Waals surface area contributed by atoms with Gasteiger partial charge in [-0.05, 0) is 41.8 Å². The summed E-state index contributed by atoms with van der Waals surface area (Å²) in [6.07, 6.45) is 3.54. The molecule has 0 aliphatic heterocycles. The molecule has 0 unspecified atom stereocenters. The van der Waals surface area contributed by atoms with E-state index in [-0.39, 0.29) is 11.5 Å². The molecule has 5 nitrogen and oxygen atoms in total. The summed E-state index contributed by atoms with van der Waals surface area (Å²) in [7, 11) is 1.95. The van der Waals surface area contributed by atoms with E-state index in [2.05, 4.69) is 10.3 Å². The summed E-state index contributed by atoms with van der Waals surface area (Å²) < 4.78 is 1.98. The van der Waals surface area contributed by atoms with E-state index in [0.717, 1.165) is 16.3 Å². The Kier molecular flexibility index (Phi) is 3.20. The van der Waals surface area contributed by atoms with E-state index in [1.807, 2.05) is 36.0 Å². The first kappa shape index (κ1) is 14.3. The average molecular weight is 317 g/mol. The van der Waals surface area contributed by atoms with Crippen LogP contribution in [0.2, 0.25) is 0 Å². The van der Waals surface area contributed by atoms with E-state index in [1.54, 1.807) is 36.5 Å². The number of benzene rings is 2. The molecule has 0 atom stereocenters. The van der Waals surface area contributed by atoms with Crippen molar-refractivity contribution < 1.29 is 4.79 Å². The van der Waals surface area contributed by atoms with Gasteiger partial charge in [-0.1, -0.05) is 12.1 Å². The van der Waals surface area contributed by atoms with Crippen LogP contribution >= 0.6 is 0 Å². The second-order valence-electron chi connectivity index (χ2n) is 5.73.